The lowest BCUT2D eigenvalue weighted by Gasteiger charge is -2.28. The van der Waals surface area contributed by atoms with Crippen LogP contribution < -0.4 is 11.1 Å². The molecule has 15 heavy (non-hydrogen) atoms. The molecule has 0 aromatic carbocycles. The van der Waals surface area contributed by atoms with Crippen LogP contribution in [0.3, 0.4) is 0 Å². The molecule has 0 unspecified atom stereocenters. The second-order valence-corrected chi connectivity index (χ2v) is 4.41. The van der Waals surface area contributed by atoms with Crippen molar-refractivity contribution in [3.8, 4) is 0 Å². The van der Waals surface area contributed by atoms with Crippen LogP contribution in [0.1, 0.15) is 36.9 Å². The van der Waals surface area contributed by atoms with E-state index in [1.807, 2.05) is 6.07 Å². The van der Waals surface area contributed by atoms with Gasteiger partial charge < -0.3 is 11.1 Å². The summed E-state index contributed by atoms with van der Waals surface area (Å²) in [4.78, 5) is 0. The van der Waals surface area contributed by atoms with E-state index < -0.39 is 0 Å². The van der Waals surface area contributed by atoms with E-state index in [4.69, 9.17) is 5.73 Å². The maximum Gasteiger partial charge on any atom is 0.146 e. The molecular weight excluding hydrogens is 188 g/mol. The van der Waals surface area contributed by atoms with Crippen molar-refractivity contribution in [3.63, 3.8) is 0 Å². The van der Waals surface area contributed by atoms with Crippen LogP contribution in [0, 0.1) is 6.92 Å². The molecule has 0 radical (unpaired) electrons. The summed E-state index contributed by atoms with van der Waals surface area (Å²) in [6.07, 6.45) is 2.28. The molecule has 0 aliphatic carbocycles. The fourth-order valence-electron chi connectivity index (χ4n) is 2.30. The van der Waals surface area contributed by atoms with E-state index in [0.717, 1.165) is 25.1 Å². The van der Waals surface area contributed by atoms with Crippen LogP contribution in [-0.4, -0.2) is 22.8 Å². The molecule has 1 aliphatic heterocycles. The first-order valence-electron chi connectivity index (χ1n) is 5.50. The number of anilines is 1. The van der Waals surface area contributed by atoms with Crippen molar-refractivity contribution in [2.24, 2.45) is 0 Å². The first-order chi connectivity index (χ1) is 7.16. The zero-order valence-electron chi connectivity index (χ0n) is 9.33. The van der Waals surface area contributed by atoms with Gasteiger partial charge >= 0.3 is 0 Å². The molecule has 4 heteroatoms. The molecule has 1 aromatic rings. The Hall–Kier alpha value is -1.16. The predicted molar refractivity (Wildman–Crippen MR) is 60.6 cm³/mol. The standard InChI is InChI=1S/C11H18N4/c1-7-5-10(12)14-15-11(7)9-3-4-13-8(2)6-9/h5,8-9,13H,3-4,6H2,1-2H3,(H2,12,14)/t8-,9+/m0/s1. The van der Waals surface area contributed by atoms with Crippen LogP contribution in [0.4, 0.5) is 5.82 Å². The third-order valence-corrected chi connectivity index (χ3v) is 3.05. The molecule has 4 nitrogen and oxygen atoms in total. The summed E-state index contributed by atoms with van der Waals surface area (Å²) in [5, 5.41) is 11.6. The van der Waals surface area contributed by atoms with Crippen molar-refractivity contribution in [2.45, 2.75) is 38.6 Å². The number of aryl methyl sites for hydroxylation is 1. The van der Waals surface area contributed by atoms with Gasteiger partial charge in [0.15, 0.2) is 0 Å². The summed E-state index contributed by atoms with van der Waals surface area (Å²) in [5.74, 6) is 1.05. The molecule has 2 rings (SSSR count). The molecule has 0 bridgehead atoms. The lowest BCUT2D eigenvalue weighted by atomic mass is 9.88. The van der Waals surface area contributed by atoms with Crippen LogP contribution in [0.25, 0.3) is 0 Å². The van der Waals surface area contributed by atoms with Crippen molar-refractivity contribution >= 4 is 5.82 Å². The van der Waals surface area contributed by atoms with Gasteiger partial charge in [0.1, 0.15) is 5.82 Å². The third-order valence-electron chi connectivity index (χ3n) is 3.05. The second kappa shape index (κ2) is 4.14. The Morgan fingerprint density at radius 3 is 2.93 bits per heavy atom. The van der Waals surface area contributed by atoms with E-state index in [9.17, 15) is 0 Å². The number of piperidine rings is 1. The van der Waals surface area contributed by atoms with Gasteiger partial charge in [-0.1, -0.05) is 0 Å². The fraction of sp³-hybridized carbons (Fsp3) is 0.636. The minimum Gasteiger partial charge on any atom is -0.382 e. The van der Waals surface area contributed by atoms with E-state index in [1.54, 1.807) is 0 Å². The Kier molecular flexibility index (Phi) is 2.86. The highest BCUT2D eigenvalue weighted by Crippen LogP contribution is 2.28. The maximum absolute atomic E-state index is 5.60. The smallest absolute Gasteiger partial charge is 0.146 e. The average molecular weight is 206 g/mol. The number of aromatic nitrogens is 2. The molecule has 3 N–H and O–H groups in total. The first kappa shape index (κ1) is 10.4. The first-order valence-corrected chi connectivity index (χ1v) is 5.50. The van der Waals surface area contributed by atoms with E-state index in [-0.39, 0.29) is 0 Å². The van der Waals surface area contributed by atoms with Gasteiger partial charge in [0.25, 0.3) is 0 Å². The summed E-state index contributed by atoms with van der Waals surface area (Å²) >= 11 is 0. The normalized spacial score (nSPS) is 26.5. The minimum atomic E-state index is 0.512. The van der Waals surface area contributed by atoms with Crippen molar-refractivity contribution in [1.82, 2.24) is 15.5 Å². The molecule has 0 spiro atoms. The lowest BCUT2D eigenvalue weighted by molar-refractivity contribution is 0.374. The highest BCUT2D eigenvalue weighted by molar-refractivity contribution is 5.33. The number of hydrogen-bond acceptors (Lipinski definition) is 4. The van der Waals surface area contributed by atoms with E-state index in [0.29, 0.717) is 17.8 Å². The van der Waals surface area contributed by atoms with Crippen LogP contribution in [0.15, 0.2) is 6.07 Å². The number of nitrogens with one attached hydrogen (secondary N) is 1. The minimum absolute atomic E-state index is 0.512. The predicted octanol–water partition coefficient (Wildman–Crippen LogP) is 1.22. The molecule has 2 atom stereocenters. The number of rotatable bonds is 1. The van der Waals surface area contributed by atoms with Crippen LogP contribution >= 0.6 is 0 Å². The van der Waals surface area contributed by atoms with Gasteiger partial charge in [0, 0.05) is 12.0 Å². The van der Waals surface area contributed by atoms with Crippen LogP contribution in [0.5, 0.6) is 0 Å². The maximum atomic E-state index is 5.60. The second-order valence-electron chi connectivity index (χ2n) is 4.41. The van der Waals surface area contributed by atoms with Crippen molar-refractivity contribution in [3.05, 3.63) is 17.3 Å². The molecule has 82 valence electrons. The molecule has 2 heterocycles. The summed E-state index contributed by atoms with van der Waals surface area (Å²) in [6, 6.07) is 2.48. The summed E-state index contributed by atoms with van der Waals surface area (Å²) in [7, 11) is 0. The largest absolute Gasteiger partial charge is 0.382 e. The van der Waals surface area contributed by atoms with E-state index in [2.05, 4.69) is 29.4 Å². The highest BCUT2D eigenvalue weighted by atomic mass is 15.1. The molecule has 0 saturated carbocycles. The van der Waals surface area contributed by atoms with Crippen molar-refractivity contribution in [2.75, 3.05) is 12.3 Å². The Labute approximate surface area is 90.3 Å². The van der Waals surface area contributed by atoms with Gasteiger partial charge in [-0.05, 0) is 44.9 Å². The molecule has 0 amide bonds. The van der Waals surface area contributed by atoms with E-state index in [1.165, 1.54) is 5.56 Å². The van der Waals surface area contributed by atoms with Gasteiger partial charge in [-0.15, -0.1) is 5.10 Å². The highest BCUT2D eigenvalue weighted by Gasteiger charge is 2.22. The quantitative estimate of drug-likeness (QED) is 0.725. The van der Waals surface area contributed by atoms with Gasteiger partial charge in [-0.2, -0.15) is 5.10 Å². The van der Waals surface area contributed by atoms with Gasteiger partial charge in [0.2, 0.25) is 0 Å². The van der Waals surface area contributed by atoms with Crippen molar-refractivity contribution < 1.29 is 0 Å². The van der Waals surface area contributed by atoms with Crippen LogP contribution in [0.2, 0.25) is 0 Å². The molecular formula is C11H18N4. The summed E-state index contributed by atoms with van der Waals surface area (Å²) in [5.41, 5.74) is 7.89. The summed E-state index contributed by atoms with van der Waals surface area (Å²) < 4.78 is 0. The molecule has 1 saturated heterocycles. The Morgan fingerprint density at radius 1 is 1.47 bits per heavy atom. The van der Waals surface area contributed by atoms with E-state index >= 15 is 0 Å². The Bertz CT molecular complexity index is 350. The monoisotopic (exact) mass is 206 g/mol. The zero-order chi connectivity index (χ0) is 10.8. The topological polar surface area (TPSA) is 63.8 Å². The number of nitrogens with zero attached hydrogens (tertiary/aromatic N) is 2. The zero-order valence-corrected chi connectivity index (χ0v) is 9.33. The number of hydrogen-bond donors (Lipinski definition) is 2. The lowest BCUT2D eigenvalue weighted by Crippen LogP contribution is -2.35. The fourth-order valence-corrected chi connectivity index (χ4v) is 2.30. The van der Waals surface area contributed by atoms with Gasteiger partial charge in [-0.25, -0.2) is 0 Å². The van der Waals surface area contributed by atoms with Crippen molar-refractivity contribution in [1.29, 1.82) is 0 Å². The number of nitrogens with two attached hydrogens (primary N) is 1. The molecule has 1 fully saturated rings. The number of nitrogen functional groups attached to an aromatic ring is 1. The third kappa shape index (κ3) is 2.26. The summed E-state index contributed by atoms with van der Waals surface area (Å²) in [6.45, 7) is 5.34. The van der Waals surface area contributed by atoms with Crippen LogP contribution in [-0.2, 0) is 0 Å². The SMILES string of the molecule is Cc1cc(N)nnc1[C@@H]1CCN[C@@H](C)C1. The van der Waals surface area contributed by atoms with Gasteiger partial charge in [-0.3, -0.25) is 0 Å². The van der Waals surface area contributed by atoms with Gasteiger partial charge in [0.05, 0.1) is 5.69 Å². The molecule has 1 aliphatic rings. The average Bonchev–Trinajstić information content (AvgIpc) is 2.17. The Morgan fingerprint density at radius 2 is 2.27 bits per heavy atom. The molecule has 1 aromatic heterocycles. The Balaban J connectivity index is 2.21.